The van der Waals surface area contributed by atoms with Gasteiger partial charge in [-0.25, -0.2) is 0 Å². The summed E-state index contributed by atoms with van der Waals surface area (Å²) in [6, 6.07) is 0. The van der Waals surface area contributed by atoms with Crippen LogP contribution >= 0.6 is 11.3 Å². The van der Waals surface area contributed by atoms with Crippen LogP contribution in [-0.4, -0.2) is 12.3 Å². The summed E-state index contributed by atoms with van der Waals surface area (Å²) in [5, 5.41) is 1.17. The molecule has 0 aliphatic carbocycles. The lowest BCUT2D eigenvalue weighted by Gasteiger charge is -1.75. The van der Waals surface area contributed by atoms with Gasteiger partial charge in [0.15, 0.2) is 7.28 Å². The highest BCUT2D eigenvalue weighted by Crippen LogP contribution is 1.96. The average Bonchev–Trinajstić information content (AvgIpc) is 2.14. The van der Waals surface area contributed by atoms with Crippen molar-refractivity contribution < 1.29 is 0 Å². The molecule has 0 radical (unpaired) electrons. The van der Waals surface area contributed by atoms with Crippen LogP contribution in [0.1, 0.15) is 5.01 Å². The molecule has 3 heteroatoms. The Morgan fingerprint density at radius 2 is 2.50 bits per heavy atom. The topological polar surface area (TPSA) is 12.9 Å². The minimum atomic E-state index is 1.12. The molecule has 42 valence electrons. The molecule has 1 nitrogen and oxygen atoms in total. The lowest BCUT2D eigenvalue weighted by atomic mass is 9.81. The molecule has 0 spiro atoms. The summed E-state index contributed by atoms with van der Waals surface area (Å²) in [7, 11) is 1.12. The maximum atomic E-state index is 4.11. The normalized spacial score (nSPS) is 9.25. The molecule has 0 aromatic carbocycles. The fraction of sp³-hybridized carbons (Fsp3) is 0.400. The van der Waals surface area contributed by atoms with Gasteiger partial charge < -0.3 is 0 Å². The van der Waals surface area contributed by atoms with Crippen molar-refractivity contribution in [2.75, 3.05) is 0 Å². The first-order valence-electron chi connectivity index (χ1n) is 2.74. The van der Waals surface area contributed by atoms with E-state index in [1.165, 1.54) is 9.78 Å². The number of aryl methyl sites for hydroxylation is 1. The molecular weight excluding hydrogens is 117 g/mol. The first-order valence-corrected chi connectivity index (χ1v) is 3.56. The first kappa shape index (κ1) is 5.82. The molecule has 1 heterocycles. The summed E-state index contributed by atoms with van der Waals surface area (Å²) in [4.78, 5) is 4.11. The van der Waals surface area contributed by atoms with E-state index in [0.717, 1.165) is 7.28 Å². The van der Waals surface area contributed by atoms with Crippen molar-refractivity contribution in [3.8, 4) is 0 Å². The summed E-state index contributed by atoms with van der Waals surface area (Å²) >= 11 is 1.78. The number of rotatable bonds is 1. The lowest BCUT2D eigenvalue weighted by Crippen LogP contribution is -2.02. The van der Waals surface area contributed by atoms with Crippen molar-refractivity contribution in [2.45, 2.75) is 13.7 Å². The van der Waals surface area contributed by atoms with E-state index in [1.807, 2.05) is 13.1 Å². The third-order valence-electron chi connectivity index (χ3n) is 1.02. The molecule has 0 saturated carbocycles. The molecule has 1 aromatic heterocycles. The number of hydrogen-bond donors (Lipinski definition) is 0. The largest absolute Gasteiger partial charge is 0.251 e. The molecule has 0 saturated heterocycles. The number of hydrogen-bond acceptors (Lipinski definition) is 2. The molecular formula is C5H8BNS. The van der Waals surface area contributed by atoms with Crippen LogP contribution in [0.5, 0.6) is 0 Å². The van der Waals surface area contributed by atoms with E-state index in [1.54, 1.807) is 11.3 Å². The zero-order chi connectivity index (χ0) is 5.98. The number of aromatic nitrogens is 1. The Kier molecular flexibility index (Phi) is 1.68. The maximum absolute atomic E-state index is 4.11. The van der Waals surface area contributed by atoms with Crippen LogP contribution in [0.25, 0.3) is 0 Å². The van der Waals surface area contributed by atoms with Gasteiger partial charge in [-0.3, -0.25) is 4.98 Å². The van der Waals surface area contributed by atoms with Crippen LogP contribution in [0.4, 0.5) is 0 Å². The van der Waals surface area contributed by atoms with E-state index in [0.29, 0.717) is 0 Å². The van der Waals surface area contributed by atoms with Crippen molar-refractivity contribution in [1.82, 2.24) is 4.98 Å². The molecule has 0 unspecified atom stereocenters. The number of nitrogens with zero attached hydrogens (tertiary/aromatic N) is 1. The molecule has 1 rings (SSSR count). The van der Waals surface area contributed by atoms with Gasteiger partial charge in [-0.15, -0.1) is 11.3 Å². The van der Waals surface area contributed by atoms with Crippen LogP contribution < -0.4 is 4.78 Å². The summed E-state index contributed by atoms with van der Waals surface area (Å²) < 4.78 is 1.38. The summed E-state index contributed by atoms with van der Waals surface area (Å²) in [5.74, 6) is 0. The molecule has 0 aliphatic rings. The van der Waals surface area contributed by atoms with Gasteiger partial charge in [0.1, 0.15) is 0 Å². The Balaban J connectivity index is 2.84. The standard InChI is InChI=1S/C5H8BNS/c1-4-7-3-5(6-2)8-4/h3,6H,1-2H3. The quantitative estimate of drug-likeness (QED) is 0.499. The highest BCUT2D eigenvalue weighted by Gasteiger charge is 1.92. The van der Waals surface area contributed by atoms with E-state index in [2.05, 4.69) is 11.8 Å². The predicted octanol–water partition coefficient (Wildman–Crippen LogP) is 0.561. The molecule has 1 aromatic rings. The van der Waals surface area contributed by atoms with Crippen molar-refractivity contribution in [3.63, 3.8) is 0 Å². The van der Waals surface area contributed by atoms with Gasteiger partial charge in [-0.1, -0.05) is 6.82 Å². The Labute approximate surface area is 54.0 Å². The third-order valence-corrected chi connectivity index (χ3v) is 2.07. The highest BCUT2D eigenvalue weighted by atomic mass is 32.1. The van der Waals surface area contributed by atoms with E-state index < -0.39 is 0 Å². The minimum Gasteiger partial charge on any atom is -0.251 e. The van der Waals surface area contributed by atoms with Crippen molar-refractivity contribution >= 4 is 23.4 Å². The molecule has 8 heavy (non-hydrogen) atoms. The number of thiazole rings is 1. The average molecular weight is 125 g/mol. The SMILES string of the molecule is CBc1cnc(C)s1. The summed E-state index contributed by atoms with van der Waals surface area (Å²) in [6.45, 7) is 4.18. The smallest absolute Gasteiger partial charge is 0.170 e. The van der Waals surface area contributed by atoms with Gasteiger partial charge in [0.05, 0.1) is 5.01 Å². The second kappa shape index (κ2) is 2.31. The molecule has 0 atom stereocenters. The minimum absolute atomic E-state index is 1.12. The highest BCUT2D eigenvalue weighted by molar-refractivity contribution is 7.20. The Bertz CT molecular complexity index is 173. The van der Waals surface area contributed by atoms with E-state index in [-0.39, 0.29) is 0 Å². The van der Waals surface area contributed by atoms with Crippen LogP contribution in [-0.2, 0) is 0 Å². The van der Waals surface area contributed by atoms with E-state index >= 15 is 0 Å². The maximum Gasteiger partial charge on any atom is 0.170 e. The zero-order valence-corrected chi connectivity index (χ0v) is 5.96. The fourth-order valence-corrected chi connectivity index (χ4v) is 1.30. The summed E-state index contributed by atoms with van der Waals surface area (Å²) in [6.07, 6.45) is 1.94. The molecule has 0 amide bonds. The second-order valence-corrected chi connectivity index (χ2v) is 3.02. The van der Waals surface area contributed by atoms with Crippen LogP contribution in [0.2, 0.25) is 6.82 Å². The van der Waals surface area contributed by atoms with Gasteiger partial charge in [0, 0.05) is 6.20 Å². The second-order valence-electron chi connectivity index (χ2n) is 1.70. The van der Waals surface area contributed by atoms with Crippen LogP contribution in [0.15, 0.2) is 6.20 Å². The molecule has 0 aliphatic heterocycles. The summed E-state index contributed by atoms with van der Waals surface area (Å²) in [5.41, 5.74) is 0. The molecule has 0 bridgehead atoms. The van der Waals surface area contributed by atoms with E-state index in [4.69, 9.17) is 0 Å². The predicted molar refractivity (Wildman–Crippen MR) is 39.5 cm³/mol. The zero-order valence-electron chi connectivity index (χ0n) is 5.14. The van der Waals surface area contributed by atoms with Crippen molar-refractivity contribution in [3.05, 3.63) is 11.2 Å². The lowest BCUT2D eigenvalue weighted by molar-refractivity contribution is 1.30. The van der Waals surface area contributed by atoms with Gasteiger partial charge in [0.2, 0.25) is 0 Å². The van der Waals surface area contributed by atoms with Gasteiger partial charge in [-0.05, 0) is 11.7 Å². The van der Waals surface area contributed by atoms with Crippen LogP contribution in [0, 0.1) is 6.92 Å². The van der Waals surface area contributed by atoms with Gasteiger partial charge >= 0.3 is 0 Å². The fourth-order valence-electron chi connectivity index (χ4n) is 0.569. The monoisotopic (exact) mass is 125 g/mol. The first-order chi connectivity index (χ1) is 3.83. The van der Waals surface area contributed by atoms with Gasteiger partial charge in [-0.2, -0.15) is 0 Å². The third kappa shape index (κ3) is 1.10. The van der Waals surface area contributed by atoms with E-state index in [9.17, 15) is 0 Å². The Hall–Kier alpha value is -0.305. The van der Waals surface area contributed by atoms with Gasteiger partial charge in [0.25, 0.3) is 0 Å². The van der Waals surface area contributed by atoms with Crippen molar-refractivity contribution in [2.24, 2.45) is 0 Å². The van der Waals surface area contributed by atoms with Crippen molar-refractivity contribution in [1.29, 1.82) is 0 Å². The Morgan fingerprint density at radius 3 is 2.75 bits per heavy atom. The molecule has 0 N–H and O–H groups in total. The Morgan fingerprint density at radius 1 is 1.75 bits per heavy atom. The molecule has 0 fully saturated rings. The van der Waals surface area contributed by atoms with Crippen LogP contribution in [0.3, 0.4) is 0 Å².